The van der Waals surface area contributed by atoms with Crippen LogP contribution >= 0.6 is 0 Å². The Hall–Kier alpha value is -2.20. The summed E-state index contributed by atoms with van der Waals surface area (Å²) >= 11 is 0. The van der Waals surface area contributed by atoms with E-state index in [2.05, 4.69) is 6.92 Å². The molecule has 0 rings (SSSR count). The molecular formula is C27H48O10. The lowest BCUT2D eigenvalue weighted by Gasteiger charge is -2.25. The maximum Gasteiger partial charge on any atom is 0.339 e. The summed E-state index contributed by atoms with van der Waals surface area (Å²) in [5.74, 6) is -5.25. The van der Waals surface area contributed by atoms with E-state index in [4.69, 9.17) is 19.7 Å². The molecule has 10 nitrogen and oxygen atoms in total. The smallest absolute Gasteiger partial charge is 0.339 e. The largest absolute Gasteiger partial charge is 0.481 e. The summed E-state index contributed by atoms with van der Waals surface area (Å²) in [5.41, 5.74) is -2.80. The number of unbranched alkanes of at least 4 members (excludes halogenated alkanes) is 14. The minimum atomic E-state index is -2.80. The number of esters is 2. The van der Waals surface area contributed by atoms with Crippen molar-refractivity contribution in [2.75, 3.05) is 13.2 Å². The fourth-order valence-corrected chi connectivity index (χ4v) is 3.99. The van der Waals surface area contributed by atoms with Gasteiger partial charge in [-0.05, 0) is 6.42 Å². The average Bonchev–Trinajstić information content (AvgIpc) is 2.82. The van der Waals surface area contributed by atoms with Gasteiger partial charge in [0.05, 0.1) is 19.4 Å². The normalized spacial score (nSPS) is 12.2. The molecule has 0 saturated heterocycles. The number of carboxylic acids is 2. The average molecular weight is 533 g/mol. The highest BCUT2D eigenvalue weighted by atomic mass is 16.6. The zero-order chi connectivity index (χ0) is 27.9. The fraction of sp³-hybridized carbons (Fsp3) is 0.852. The van der Waals surface area contributed by atoms with Crippen molar-refractivity contribution in [3.8, 4) is 0 Å². The van der Waals surface area contributed by atoms with E-state index in [0.29, 0.717) is 6.42 Å². The molecule has 1 unspecified atom stereocenters. The summed E-state index contributed by atoms with van der Waals surface area (Å²) in [7, 11) is 0. The fourth-order valence-electron chi connectivity index (χ4n) is 3.99. The van der Waals surface area contributed by atoms with Gasteiger partial charge in [0.25, 0.3) is 0 Å². The van der Waals surface area contributed by atoms with Crippen LogP contribution in [0, 0.1) is 0 Å². The highest BCUT2D eigenvalue weighted by molar-refractivity contribution is 5.89. The molecule has 0 saturated carbocycles. The van der Waals surface area contributed by atoms with E-state index in [-0.39, 0.29) is 6.42 Å². The van der Waals surface area contributed by atoms with Crippen LogP contribution in [-0.4, -0.2) is 69.2 Å². The number of aliphatic carboxylic acids is 2. The van der Waals surface area contributed by atoms with Gasteiger partial charge < -0.3 is 29.9 Å². The van der Waals surface area contributed by atoms with Crippen LogP contribution in [0.15, 0.2) is 0 Å². The molecule has 0 aromatic carbocycles. The minimum absolute atomic E-state index is 0.173. The standard InChI is InChI=1S/C27H48O10/c1-2-3-4-5-6-7-8-9-10-11-12-13-14-15-16-17-25(33)36-21-22(20-28)37-26(34)27(35,18-23(29)30)19-24(31)32/h22,28,35H,2-21H2,1H3,(H,29,30)(H,31,32). The van der Waals surface area contributed by atoms with Gasteiger partial charge in [-0.15, -0.1) is 0 Å². The number of rotatable bonds is 25. The second-order valence-electron chi connectivity index (χ2n) is 9.77. The van der Waals surface area contributed by atoms with E-state index in [9.17, 15) is 29.4 Å². The summed E-state index contributed by atoms with van der Waals surface area (Å²) in [4.78, 5) is 45.8. The van der Waals surface area contributed by atoms with Crippen LogP contribution in [0.1, 0.15) is 122 Å². The van der Waals surface area contributed by atoms with Crippen LogP contribution in [0.5, 0.6) is 0 Å². The van der Waals surface area contributed by atoms with Gasteiger partial charge in [0.1, 0.15) is 6.61 Å². The number of hydrogen-bond acceptors (Lipinski definition) is 8. The first-order valence-corrected chi connectivity index (χ1v) is 13.8. The Bertz CT molecular complexity index is 633. The second-order valence-corrected chi connectivity index (χ2v) is 9.77. The lowest BCUT2D eigenvalue weighted by molar-refractivity contribution is -0.184. The molecule has 0 fully saturated rings. The Kier molecular flexibility index (Phi) is 20.5. The quantitative estimate of drug-likeness (QED) is 0.0978. The summed E-state index contributed by atoms with van der Waals surface area (Å²) in [6, 6.07) is 0. The minimum Gasteiger partial charge on any atom is -0.481 e. The van der Waals surface area contributed by atoms with Gasteiger partial charge in [0, 0.05) is 6.42 Å². The third kappa shape index (κ3) is 19.6. The molecule has 0 aliphatic rings. The molecule has 0 heterocycles. The second kappa shape index (κ2) is 21.8. The van der Waals surface area contributed by atoms with Gasteiger partial charge in [-0.25, -0.2) is 4.79 Å². The van der Waals surface area contributed by atoms with Crippen molar-refractivity contribution < 1.29 is 49.1 Å². The van der Waals surface area contributed by atoms with Crippen molar-refractivity contribution >= 4 is 23.9 Å². The summed E-state index contributed by atoms with van der Waals surface area (Å²) in [6.07, 6.45) is 14.6. The maximum atomic E-state index is 12.1. The zero-order valence-corrected chi connectivity index (χ0v) is 22.5. The molecule has 0 aromatic heterocycles. The van der Waals surface area contributed by atoms with Crippen molar-refractivity contribution in [1.29, 1.82) is 0 Å². The van der Waals surface area contributed by atoms with Crippen LogP contribution < -0.4 is 0 Å². The monoisotopic (exact) mass is 532 g/mol. The lowest BCUT2D eigenvalue weighted by Crippen LogP contribution is -2.46. The van der Waals surface area contributed by atoms with Gasteiger partial charge in [0.2, 0.25) is 0 Å². The lowest BCUT2D eigenvalue weighted by atomic mass is 9.95. The molecule has 0 spiro atoms. The Morgan fingerprint density at radius 2 is 1.11 bits per heavy atom. The predicted molar refractivity (Wildman–Crippen MR) is 137 cm³/mol. The zero-order valence-electron chi connectivity index (χ0n) is 22.5. The first kappa shape index (κ1) is 34.8. The number of carbonyl (C=O) groups is 4. The van der Waals surface area contributed by atoms with Crippen LogP contribution in [0.2, 0.25) is 0 Å². The highest BCUT2D eigenvalue weighted by Crippen LogP contribution is 2.19. The molecular weight excluding hydrogens is 484 g/mol. The molecule has 0 amide bonds. The van der Waals surface area contributed by atoms with E-state index in [0.717, 1.165) is 19.3 Å². The SMILES string of the molecule is CCCCCCCCCCCCCCCCCC(=O)OCC(CO)OC(=O)C(O)(CC(=O)O)CC(=O)O. The first-order chi connectivity index (χ1) is 17.6. The summed E-state index contributed by atoms with van der Waals surface area (Å²) in [5, 5.41) is 37.1. The van der Waals surface area contributed by atoms with E-state index in [1.165, 1.54) is 70.6 Å². The molecule has 1 atom stereocenters. The van der Waals surface area contributed by atoms with Crippen LogP contribution in [0.3, 0.4) is 0 Å². The third-order valence-electron chi connectivity index (χ3n) is 6.16. The molecule has 0 radical (unpaired) electrons. The van der Waals surface area contributed by atoms with E-state index >= 15 is 0 Å². The summed E-state index contributed by atoms with van der Waals surface area (Å²) < 4.78 is 9.80. The van der Waals surface area contributed by atoms with Crippen LogP contribution in [-0.2, 0) is 28.7 Å². The number of ether oxygens (including phenoxy) is 2. The molecule has 0 aliphatic carbocycles. The molecule has 4 N–H and O–H groups in total. The Labute approximate surface area is 220 Å². The van der Waals surface area contributed by atoms with Gasteiger partial charge in [-0.3, -0.25) is 14.4 Å². The van der Waals surface area contributed by atoms with Crippen molar-refractivity contribution in [2.24, 2.45) is 0 Å². The van der Waals surface area contributed by atoms with E-state index in [1.807, 2.05) is 0 Å². The highest BCUT2D eigenvalue weighted by Gasteiger charge is 2.43. The molecule has 0 bridgehead atoms. The van der Waals surface area contributed by atoms with Crippen LogP contribution in [0.25, 0.3) is 0 Å². The maximum absolute atomic E-state index is 12.1. The number of carbonyl (C=O) groups excluding carboxylic acids is 2. The van der Waals surface area contributed by atoms with Crippen molar-refractivity contribution in [3.05, 3.63) is 0 Å². The number of aliphatic hydroxyl groups is 2. The number of hydrogen-bond donors (Lipinski definition) is 4. The third-order valence-corrected chi connectivity index (χ3v) is 6.16. The predicted octanol–water partition coefficient (Wildman–Crippen LogP) is 4.38. The van der Waals surface area contributed by atoms with E-state index in [1.54, 1.807) is 0 Å². The number of carboxylic acid groups (broad SMARTS) is 2. The van der Waals surface area contributed by atoms with Gasteiger partial charge in [-0.1, -0.05) is 96.8 Å². The number of aliphatic hydroxyl groups excluding tert-OH is 1. The first-order valence-electron chi connectivity index (χ1n) is 13.8. The summed E-state index contributed by atoms with van der Waals surface area (Å²) in [6.45, 7) is 0.989. The Balaban J connectivity index is 3.92. The molecule has 0 aliphatic heterocycles. The van der Waals surface area contributed by atoms with Gasteiger partial charge >= 0.3 is 23.9 Å². The van der Waals surface area contributed by atoms with Gasteiger partial charge in [-0.2, -0.15) is 0 Å². The van der Waals surface area contributed by atoms with Gasteiger partial charge in [0.15, 0.2) is 11.7 Å². The molecule has 37 heavy (non-hydrogen) atoms. The van der Waals surface area contributed by atoms with Crippen molar-refractivity contribution in [1.82, 2.24) is 0 Å². The molecule has 10 heteroatoms. The van der Waals surface area contributed by atoms with Crippen molar-refractivity contribution in [2.45, 2.75) is 134 Å². The Morgan fingerprint density at radius 1 is 0.703 bits per heavy atom. The topological polar surface area (TPSA) is 168 Å². The van der Waals surface area contributed by atoms with E-state index < -0.39 is 61.6 Å². The van der Waals surface area contributed by atoms with Crippen LogP contribution in [0.4, 0.5) is 0 Å². The van der Waals surface area contributed by atoms with Crippen molar-refractivity contribution in [3.63, 3.8) is 0 Å². The molecule has 216 valence electrons. The molecule has 0 aromatic rings. The Morgan fingerprint density at radius 3 is 1.49 bits per heavy atom.